The van der Waals surface area contributed by atoms with Gasteiger partial charge in [0.2, 0.25) is 6.29 Å². The third kappa shape index (κ3) is 3.48. The summed E-state index contributed by atoms with van der Waals surface area (Å²) in [5.41, 5.74) is 0.102. The number of fused-ring (bicyclic) bond motifs is 1. The van der Waals surface area contributed by atoms with E-state index in [9.17, 15) is 30.0 Å². The molecule has 152 valence electrons. The Morgan fingerprint density at radius 3 is 2.56 bits per heavy atom. The second-order valence-electron chi connectivity index (χ2n) is 7.11. The summed E-state index contributed by atoms with van der Waals surface area (Å²) >= 11 is 0. The normalized spacial score (nSPS) is 44.3. The van der Waals surface area contributed by atoms with E-state index >= 15 is 0 Å². The van der Waals surface area contributed by atoms with Gasteiger partial charge in [-0.15, -0.1) is 0 Å². The van der Waals surface area contributed by atoms with Crippen LogP contribution < -0.4 is 0 Å². The van der Waals surface area contributed by atoms with E-state index in [2.05, 4.69) is 0 Å². The molecule has 10 nitrogen and oxygen atoms in total. The summed E-state index contributed by atoms with van der Waals surface area (Å²) in [4.78, 5) is 24.4. The Balaban J connectivity index is 1.82. The highest BCUT2D eigenvalue weighted by molar-refractivity contribution is 5.99. The lowest BCUT2D eigenvalue weighted by Crippen LogP contribution is -2.60. The van der Waals surface area contributed by atoms with Crippen LogP contribution in [0.1, 0.15) is 13.3 Å². The summed E-state index contributed by atoms with van der Waals surface area (Å²) < 4.78 is 21.2. The van der Waals surface area contributed by atoms with E-state index in [1.165, 1.54) is 7.11 Å². The zero-order chi connectivity index (χ0) is 19.9. The molecule has 2 heterocycles. The van der Waals surface area contributed by atoms with Gasteiger partial charge in [0.05, 0.1) is 31.5 Å². The van der Waals surface area contributed by atoms with Gasteiger partial charge in [0, 0.05) is 12.3 Å². The molecular formula is C17H24O10. The summed E-state index contributed by atoms with van der Waals surface area (Å²) in [6.07, 6.45) is -6.93. The predicted octanol–water partition coefficient (Wildman–Crippen LogP) is -1.94. The smallest absolute Gasteiger partial charge is 0.337 e. The molecular weight excluding hydrogens is 364 g/mol. The number of methoxy groups -OCH3 is 1. The van der Waals surface area contributed by atoms with Crippen LogP contribution in [0.15, 0.2) is 11.8 Å². The summed E-state index contributed by atoms with van der Waals surface area (Å²) in [5.74, 6) is -2.28. The minimum Gasteiger partial charge on any atom is -0.472 e. The minimum atomic E-state index is -1.59. The van der Waals surface area contributed by atoms with Gasteiger partial charge in [0.25, 0.3) is 0 Å². The van der Waals surface area contributed by atoms with Gasteiger partial charge in [0.15, 0.2) is 6.29 Å². The van der Waals surface area contributed by atoms with E-state index in [0.717, 1.165) is 6.26 Å². The van der Waals surface area contributed by atoms with Crippen molar-refractivity contribution < 1.29 is 49.0 Å². The zero-order valence-corrected chi connectivity index (χ0v) is 14.9. The fourth-order valence-electron chi connectivity index (χ4n) is 3.96. The highest BCUT2D eigenvalue weighted by atomic mass is 16.8. The minimum absolute atomic E-state index is 0.102. The van der Waals surface area contributed by atoms with Crippen LogP contribution in [-0.4, -0.2) is 82.9 Å². The Morgan fingerprint density at radius 2 is 1.93 bits per heavy atom. The molecule has 0 spiro atoms. The number of ether oxygens (including phenoxy) is 4. The Labute approximate surface area is 155 Å². The van der Waals surface area contributed by atoms with Crippen LogP contribution >= 0.6 is 0 Å². The molecule has 0 aromatic rings. The van der Waals surface area contributed by atoms with Gasteiger partial charge in [-0.1, -0.05) is 6.92 Å². The standard InChI is InChI=1S/C17H24O10/c1-6-3-8(19)11-7(15(23)24-2)5-25-16(10(6)11)27-17-14(22)13(21)12(20)9(4-18)26-17/h5-6,9-14,16-18,20-22H,3-4H2,1-2H3/t6-,9?,10+,11-,12+,13?,14?,16-,17-/m1/s1. The predicted molar refractivity (Wildman–Crippen MR) is 85.6 cm³/mol. The number of aliphatic hydroxyl groups excluding tert-OH is 4. The lowest BCUT2D eigenvalue weighted by molar-refractivity contribution is -0.342. The van der Waals surface area contributed by atoms with Gasteiger partial charge in [-0.25, -0.2) is 4.79 Å². The average molecular weight is 388 g/mol. The van der Waals surface area contributed by atoms with Gasteiger partial charge in [-0.05, 0) is 5.92 Å². The number of carbonyl (C=O) groups excluding carboxylic acids is 2. The fourth-order valence-corrected chi connectivity index (χ4v) is 3.96. The van der Waals surface area contributed by atoms with Crippen molar-refractivity contribution in [1.82, 2.24) is 0 Å². The van der Waals surface area contributed by atoms with Gasteiger partial charge in [0.1, 0.15) is 30.2 Å². The Bertz CT molecular complexity index is 617. The Morgan fingerprint density at radius 1 is 1.22 bits per heavy atom. The second kappa shape index (κ2) is 7.82. The Hall–Kier alpha value is -1.56. The fraction of sp³-hybridized carbons (Fsp3) is 0.765. The van der Waals surface area contributed by atoms with Crippen molar-refractivity contribution in [3.8, 4) is 0 Å². The number of carbonyl (C=O) groups is 2. The molecule has 2 aliphatic heterocycles. The largest absolute Gasteiger partial charge is 0.472 e. The lowest BCUT2D eigenvalue weighted by atomic mass is 9.83. The third-order valence-electron chi connectivity index (χ3n) is 5.43. The van der Waals surface area contributed by atoms with Crippen molar-refractivity contribution in [2.45, 2.75) is 50.3 Å². The van der Waals surface area contributed by atoms with Crippen LogP contribution in [0.2, 0.25) is 0 Å². The number of hydrogen-bond acceptors (Lipinski definition) is 10. The van der Waals surface area contributed by atoms with E-state index in [-0.39, 0.29) is 23.7 Å². The van der Waals surface area contributed by atoms with Crippen molar-refractivity contribution in [2.24, 2.45) is 17.8 Å². The molecule has 27 heavy (non-hydrogen) atoms. The first-order valence-corrected chi connectivity index (χ1v) is 8.72. The van der Waals surface area contributed by atoms with E-state index in [4.69, 9.17) is 18.9 Å². The van der Waals surface area contributed by atoms with Crippen LogP contribution in [0.5, 0.6) is 0 Å². The van der Waals surface area contributed by atoms with E-state index in [1.807, 2.05) is 6.92 Å². The summed E-state index contributed by atoms with van der Waals surface area (Å²) in [5, 5.41) is 39.1. The van der Waals surface area contributed by atoms with E-state index < -0.39 is 61.4 Å². The molecule has 1 saturated carbocycles. The molecule has 1 saturated heterocycles. The zero-order valence-electron chi connectivity index (χ0n) is 14.9. The van der Waals surface area contributed by atoms with Crippen LogP contribution in [-0.2, 0) is 28.5 Å². The van der Waals surface area contributed by atoms with Crippen LogP contribution in [0.25, 0.3) is 0 Å². The van der Waals surface area contributed by atoms with Crippen molar-refractivity contribution >= 4 is 11.8 Å². The van der Waals surface area contributed by atoms with Crippen molar-refractivity contribution in [3.63, 3.8) is 0 Å². The number of aliphatic hydroxyl groups is 4. The van der Waals surface area contributed by atoms with Gasteiger partial charge in [-0.2, -0.15) is 0 Å². The molecule has 3 rings (SSSR count). The number of hydrogen-bond donors (Lipinski definition) is 4. The molecule has 0 radical (unpaired) electrons. The number of rotatable bonds is 4. The molecule has 10 heteroatoms. The topological polar surface area (TPSA) is 152 Å². The summed E-state index contributed by atoms with van der Waals surface area (Å²) in [6, 6.07) is 0. The highest BCUT2D eigenvalue weighted by Crippen LogP contribution is 2.45. The van der Waals surface area contributed by atoms with E-state index in [0.29, 0.717) is 0 Å². The Kier molecular flexibility index (Phi) is 5.84. The highest BCUT2D eigenvalue weighted by Gasteiger charge is 2.54. The average Bonchev–Trinajstić information content (AvgIpc) is 2.96. The monoisotopic (exact) mass is 388 g/mol. The van der Waals surface area contributed by atoms with Gasteiger partial charge >= 0.3 is 5.97 Å². The van der Waals surface area contributed by atoms with Crippen molar-refractivity contribution in [3.05, 3.63) is 11.8 Å². The number of ketones is 1. The molecule has 9 atom stereocenters. The van der Waals surface area contributed by atoms with Gasteiger partial charge in [-0.3, -0.25) is 4.79 Å². The quantitative estimate of drug-likeness (QED) is 0.400. The number of Topliss-reactive ketones (excluding diaryl/α,β-unsaturated/α-hetero) is 1. The molecule has 3 unspecified atom stereocenters. The molecule has 0 amide bonds. The van der Waals surface area contributed by atoms with E-state index in [1.54, 1.807) is 0 Å². The SMILES string of the molecule is COC(=O)C1=CO[C@H](O[C@H]2OC(CO)[C@H](O)C(O)C2O)[C@@H]2[C@H]1C(=O)C[C@H]2C. The maximum atomic E-state index is 12.4. The van der Waals surface area contributed by atoms with Crippen LogP contribution in [0.4, 0.5) is 0 Å². The maximum Gasteiger partial charge on any atom is 0.337 e. The van der Waals surface area contributed by atoms with Crippen LogP contribution in [0.3, 0.4) is 0 Å². The maximum absolute atomic E-state index is 12.4. The second-order valence-corrected chi connectivity index (χ2v) is 7.11. The van der Waals surface area contributed by atoms with Crippen molar-refractivity contribution in [2.75, 3.05) is 13.7 Å². The summed E-state index contributed by atoms with van der Waals surface area (Å²) in [7, 11) is 1.21. The summed E-state index contributed by atoms with van der Waals surface area (Å²) in [6.45, 7) is 1.22. The third-order valence-corrected chi connectivity index (χ3v) is 5.43. The van der Waals surface area contributed by atoms with Crippen molar-refractivity contribution in [1.29, 1.82) is 0 Å². The number of esters is 1. The lowest BCUT2D eigenvalue weighted by Gasteiger charge is -2.42. The molecule has 0 aromatic carbocycles. The van der Waals surface area contributed by atoms with Crippen LogP contribution in [0, 0.1) is 17.8 Å². The molecule has 0 bridgehead atoms. The first-order valence-electron chi connectivity index (χ1n) is 8.72. The molecule has 3 aliphatic rings. The van der Waals surface area contributed by atoms with Gasteiger partial charge < -0.3 is 39.4 Å². The first kappa shape index (κ1) is 20.2. The molecule has 0 aromatic heterocycles. The molecule has 4 N–H and O–H groups in total. The first-order chi connectivity index (χ1) is 12.8. The molecule has 2 fully saturated rings. The molecule has 1 aliphatic carbocycles.